The van der Waals surface area contributed by atoms with E-state index >= 15 is 26.3 Å². The molecular weight excluding hydrogens is 1030 g/mol. The van der Waals surface area contributed by atoms with Gasteiger partial charge in [0.15, 0.2) is 23.3 Å². The molecule has 0 aliphatic heterocycles. The highest BCUT2D eigenvalue weighted by molar-refractivity contribution is 6.13. The maximum Gasteiger partial charge on any atom is 0.417 e. The molecule has 0 amide bonds. The van der Waals surface area contributed by atoms with Gasteiger partial charge in [-0.2, -0.15) is 31.6 Å². The van der Waals surface area contributed by atoms with Crippen LogP contribution in [-0.4, -0.2) is 68.9 Å². The molecule has 0 saturated carbocycles. The first kappa shape index (κ1) is 50.8. The molecule has 0 bridgehead atoms. The highest BCUT2D eigenvalue weighted by atomic mass is 19.4. The van der Waals surface area contributed by atoms with Gasteiger partial charge in [0.1, 0.15) is 52.7 Å². The zero-order valence-corrected chi connectivity index (χ0v) is 43.8. The SMILES string of the molecule is Cc1nc(C)nc(-c2ccc3c4ccc(-c5nc(C)nc(C)n5)cc4n(-c4cc(-c5c(C(F)(F)F)cccc5C(F)(F)F)c(-n5c6cc(-c7nc(C)nc(C)n7)ccc6c6ccc(-c7nc(C)nc(C)n7)cc65)cc4C#N)c3c2)n1. The van der Waals surface area contributed by atoms with Crippen LogP contribution >= 0.6 is 0 Å². The Kier molecular flexibility index (Phi) is 11.8. The predicted molar refractivity (Wildman–Crippen MR) is 288 cm³/mol. The van der Waals surface area contributed by atoms with Gasteiger partial charge in [-0.1, -0.05) is 54.6 Å². The highest BCUT2D eigenvalue weighted by Gasteiger charge is 2.42. The maximum atomic E-state index is 15.9. The van der Waals surface area contributed by atoms with Crippen molar-refractivity contribution in [2.24, 2.45) is 0 Å². The molecule has 0 aliphatic carbocycles. The van der Waals surface area contributed by atoms with Gasteiger partial charge in [0.2, 0.25) is 0 Å². The number of rotatable bonds is 7. The molecule has 0 aliphatic rings. The lowest BCUT2D eigenvalue weighted by Crippen LogP contribution is -2.15. The number of nitrogens with zero attached hydrogens (tertiary/aromatic N) is 15. The van der Waals surface area contributed by atoms with Crippen molar-refractivity contribution in [1.29, 1.82) is 5.26 Å². The summed E-state index contributed by atoms with van der Waals surface area (Å²) in [5.41, 5.74) is -1.71. The van der Waals surface area contributed by atoms with Gasteiger partial charge in [-0.25, -0.2) is 59.8 Å². The van der Waals surface area contributed by atoms with Crippen LogP contribution in [-0.2, 0) is 12.4 Å². The second-order valence-electron chi connectivity index (χ2n) is 19.3. The average molecular weight is 1070 g/mol. The summed E-state index contributed by atoms with van der Waals surface area (Å²) in [6, 6.07) is 28.3. The topological polar surface area (TPSA) is 188 Å². The van der Waals surface area contributed by atoms with Gasteiger partial charge < -0.3 is 9.13 Å². The number of hydrogen-bond donors (Lipinski definition) is 0. The molecule has 6 aromatic carbocycles. The fraction of sp³-hybridized carbons (Fsp3) is 0.169. The Morgan fingerprint density at radius 1 is 0.362 bits per heavy atom. The third-order valence-corrected chi connectivity index (χ3v) is 13.7. The molecular formula is C59H41F6N15. The summed E-state index contributed by atoms with van der Waals surface area (Å²) in [6.45, 7) is 13.7. The summed E-state index contributed by atoms with van der Waals surface area (Å²) < 4.78 is 98.3. The van der Waals surface area contributed by atoms with E-state index in [1.807, 2.05) is 24.3 Å². The van der Waals surface area contributed by atoms with Crippen LogP contribution in [0, 0.1) is 66.7 Å². The molecule has 0 spiro atoms. The van der Waals surface area contributed by atoms with Crippen molar-refractivity contribution in [1.82, 2.24) is 68.9 Å². The smallest absolute Gasteiger partial charge is 0.309 e. The van der Waals surface area contributed by atoms with Gasteiger partial charge in [0.05, 0.1) is 50.1 Å². The first-order valence-corrected chi connectivity index (χ1v) is 24.9. The Hall–Kier alpha value is -9.97. The molecule has 0 radical (unpaired) electrons. The van der Waals surface area contributed by atoms with Gasteiger partial charge >= 0.3 is 12.4 Å². The van der Waals surface area contributed by atoms with Crippen molar-refractivity contribution in [3.63, 3.8) is 0 Å². The second-order valence-corrected chi connectivity index (χ2v) is 19.3. The lowest BCUT2D eigenvalue weighted by Gasteiger charge is -2.24. The quantitative estimate of drug-likeness (QED) is 0.137. The van der Waals surface area contributed by atoms with E-state index in [0.29, 0.717) is 136 Å². The van der Waals surface area contributed by atoms with Gasteiger partial charge in [-0.3, -0.25) is 0 Å². The molecule has 0 unspecified atom stereocenters. The minimum absolute atomic E-state index is 0.0499. The molecule has 6 heterocycles. The van der Waals surface area contributed by atoms with Crippen LogP contribution < -0.4 is 0 Å². The number of hydrogen-bond acceptors (Lipinski definition) is 13. The van der Waals surface area contributed by atoms with E-state index in [1.54, 1.807) is 113 Å². The van der Waals surface area contributed by atoms with E-state index in [1.165, 1.54) is 12.1 Å². The fourth-order valence-corrected chi connectivity index (χ4v) is 10.6. The zero-order valence-electron chi connectivity index (χ0n) is 43.8. The Morgan fingerprint density at radius 3 is 0.925 bits per heavy atom. The van der Waals surface area contributed by atoms with E-state index in [9.17, 15) is 5.26 Å². The first-order valence-electron chi connectivity index (χ1n) is 24.9. The summed E-state index contributed by atoms with van der Waals surface area (Å²) >= 11 is 0. The van der Waals surface area contributed by atoms with Gasteiger partial charge in [-0.15, -0.1) is 0 Å². The van der Waals surface area contributed by atoms with Crippen LogP contribution in [0.4, 0.5) is 26.3 Å². The van der Waals surface area contributed by atoms with E-state index in [2.05, 4.69) is 65.9 Å². The third kappa shape index (κ3) is 8.83. The van der Waals surface area contributed by atoms with E-state index in [-0.39, 0.29) is 28.6 Å². The second kappa shape index (κ2) is 18.6. The largest absolute Gasteiger partial charge is 0.417 e. The summed E-state index contributed by atoms with van der Waals surface area (Å²) in [5, 5.41) is 13.9. The normalized spacial score (nSPS) is 12.1. The minimum atomic E-state index is -5.33. The molecule has 0 fully saturated rings. The Balaban J connectivity index is 1.27. The average Bonchev–Trinajstić information content (AvgIpc) is 4.00. The summed E-state index contributed by atoms with van der Waals surface area (Å²) in [4.78, 5) is 54.2. The number of benzene rings is 6. The number of aryl methyl sites for hydroxylation is 8. The third-order valence-electron chi connectivity index (χ3n) is 13.7. The van der Waals surface area contributed by atoms with Crippen LogP contribution in [0.3, 0.4) is 0 Å². The van der Waals surface area contributed by atoms with Gasteiger partial charge in [-0.05, 0) is 104 Å². The van der Waals surface area contributed by atoms with Crippen molar-refractivity contribution in [3.05, 3.63) is 166 Å². The maximum absolute atomic E-state index is 15.9. The molecule has 0 atom stereocenters. The number of fused-ring (bicyclic) bond motifs is 6. The Labute approximate surface area is 450 Å². The molecule has 0 N–H and O–H groups in total. The van der Waals surface area contributed by atoms with Crippen LogP contribution in [0.2, 0.25) is 0 Å². The molecule has 12 rings (SSSR count). The van der Waals surface area contributed by atoms with Crippen LogP contribution in [0.15, 0.2) is 103 Å². The summed E-state index contributed by atoms with van der Waals surface area (Å²) in [6.07, 6.45) is -10.7. The molecule has 12 aromatic rings. The van der Waals surface area contributed by atoms with Crippen LogP contribution in [0.1, 0.15) is 63.3 Å². The Morgan fingerprint density at radius 2 is 0.650 bits per heavy atom. The summed E-state index contributed by atoms with van der Waals surface area (Å²) in [7, 11) is 0. The predicted octanol–water partition coefficient (Wildman–Crippen LogP) is 13.3. The molecule has 21 heteroatoms. The molecule has 6 aromatic heterocycles. The van der Waals surface area contributed by atoms with Crippen molar-refractivity contribution in [2.45, 2.75) is 67.7 Å². The van der Waals surface area contributed by atoms with E-state index < -0.39 is 34.6 Å². The van der Waals surface area contributed by atoms with Crippen molar-refractivity contribution in [3.8, 4) is 74.1 Å². The highest BCUT2D eigenvalue weighted by Crippen LogP contribution is 2.49. The standard InChI is InChI=1S/C59H41F6N15/c1-27-67-28(2)72-54(71-27)35-12-16-40-41-17-13-36(55-73-29(3)68-30(4)74-55)21-49(41)79(48(40)20-35)47-25-44(53-45(58(60,61)62)10-9-11-46(53)59(63,64)65)52(24-39(47)26-66)80-50-22-37(56-75-31(5)69-32(6)76-56)14-18-42(50)43-19-15-38(23-51(43)80)57-77-33(7)70-34(8)78-57/h9-25H,1-8H3. The lowest BCUT2D eigenvalue weighted by atomic mass is 9.90. The molecule has 15 nitrogen and oxygen atoms in total. The number of alkyl halides is 6. The molecule has 0 saturated heterocycles. The van der Waals surface area contributed by atoms with Crippen molar-refractivity contribution >= 4 is 43.6 Å². The number of nitriles is 1. The lowest BCUT2D eigenvalue weighted by molar-refractivity contribution is -0.142. The van der Waals surface area contributed by atoms with Crippen molar-refractivity contribution < 1.29 is 26.3 Å². The summed E-state index contributed by atoms with van der Waals surface area (Å²) in [5.74, 6) is 4.61. The number of halogens is 6. The molecule has 394 valence electrons. The number of aromatic nitrogens is 14. The Bertz CT molecular complexity index is 4320. The van der Waals surface area contributed by atoms with E-state index in [4.69, 9.17) is 0 Å². The van der Waals surface area contributed by atoms with Gasteiger partial charge in [0.25, 0.3) is 0 Å². The van der Waals surface area contributed by atoms with Crippen molar-refractivity contribution in [2.75, 3.05) is 0 Å². The first-order chi connectivity index (χ1) is 38.1. The van der Waals surface area contributed by atoms with Crippen LogP contribution in [0.25, 0.3) is 112 Å². The monoisotopic (exact) mass is 1070 g/mol. The van der Waals surface area contributed by atoms with E-state index in [0.717, 1.165) is 6.07 Å². The molecule has 80 heavy (non-hydrogen) atoms. The fourth-order valence-electron chi connectivity index (χ4n) is 10.6. The minimum Gasteiger partial charge on any atom is -0.309 e. The van der Waals surface area contributed by atoms with Gasteiger partial charge in [0, 0.05) is 54.9 Å². The van der Waals surface area contributed by atoms with Crippen LogP contribution in [0.5, 0.6) is 0 Å². The zero-order chi connectivity index (χ0) is 56.3.